The van der Waals surface area contributed by atoms with Crippen LogP contribution in [0.4, 0.5) is 0 Å². The van der Waals surface area contributed by atoms with E-state index in [0.717, 1.165) is 10.2 Å². The lowest BCUT2D eigenvalue weighted by Gasteiger charge is -2.16. The number of tetrazole rings is 1. The van der Waals surface area contributed by atoms with E-state index >= 15 is 0 Å². The van der Waals surface area contributed by atoms with Gasteiger partial charge in [-0.25, -0.2) is 4.79 Å². The van der Waals surface area contributed by atoms with Crippen LogP contribution in [-0.4, -0.2) is 31.5 Å². The molecule has 9 heteroatoms. The first kappa shape index (κ1) is 18.8. The van der Waals surface area contributed by atoms with Gasteiger partial charge in [-0.05, 0) is 48.0 Å². The van der Waals surface area contributed by atoms with E-state index in [9.17, 15) is 9.90 Å². The third kappa shape index (κ3) is 3.75. The van der Waals surface area contributed by atoms with Crippen molar-refractivity contribution in [1.82, 2.24) is 19.8 Å². The van der Waals surface area contributed by atoms with Gasteiger partial charge in [0.05, 0.1) is 22.9 Å². The number of halogens is 1. The molecule has 0 saturated carbocycles. The molecule has 0 aliphatic rings. The minimum Gasteiger partial charge on any atom is -0.506 e. The van der Waals surface area contributed by atoms with Crippen LogP contribution in [0, 0.1) is 6.92 Å². The first-order valence-corrected chi connectivity index (χ1v) is 8.66. The molecule has 0 spiro atoms. The monoisotopic (exact) mass is 390 g/mol. The predicted octanol–water partition coefficient (Wildman–Crippen LogP) is 2.61. The number of aromatic nitrogens is 4. The molecule has 0 saturated heterocycles. The number of benzene rings is 2. The van der Waals surface area contributed by atoms with Crippen molar-refractivity contribution in [3.05, 3.63) is 57.0 Å². The largest absolute Gasteiger partial charge is 0.506 e. The van der Waals surface area contributed by atoms with Gasteiger partial charge in [0.15, 0.2) is 0 Å². The summed E-state index contributed by atoms with van der Waals surface area (Å²) in [5, 5.41) is 17.5. The Bertz CT molecular complexity index is 1030. The second-order valence-corrected chi connectivity index (χ2v) is 6.25. The van der Waals surface area contributed by atoms with Crippen molar-refractivity contribution in [2.24, 2.45) is 7.05 Å². The Hall–Kier alpha value is -3.00. The zero-order valence-electron chi connectivity index (χ0n) is 15.1. The molecule has 0 aliphatic carbocycles. The van der Waals surface area contributed by atoms with E-state index in [1.54, 1.807) is 31.2 Å². The molecule has 0 atom stereocenters. The highest BCUT2D eigenvalue weighted by atomic mass is 35.5. The number of phenols is 1. The summed E-state index contributed by atoms with van der Waals surface area (Å²) in [7, 11) is 1.52. The smallest absolute Gasteiger partial charge is 0.368 e. The zero-order valence-corrected chi connectivity index (χ0v) is 15.9. The van der Waals surface area contributed by atoms with Crippen LogP contribution in [0.2, 0.25) is 5.02 Å². The number of nitrogens with zero attached hydrogens (tertiary/aromatic N) is 4. The van der Waals surface area contributed by atoms with Crippen molar-refractivity contribution in [3.63, 3.8) is 0 Å². The molecule has 0 fully saturated rings. The van der Waals surface area contributed by atoms with Crippen molar-refractivity contribution in [1.29, 1.82) is 0 Å². The molecule has 0 aliphatic heterocycles. The van der Waals surface area contributed by atoms with E-state index in [0.29, 0.717) is 29.4 Å². The summed E-state index contributed by atoms with van der Waals surface area (Å²) < 4.78 is 13.9. The molecule has 3 aromatic rings. The van der Waals surface area contributed by atoms with E-state index in [4.69, 9.17) is 21.1 Å². The zero-order chi connectivity index (χ0) is 19.6. The Morgan fingerprint density at radius 3 is 2.63 bits per heavy atom. The molecule has 1 heterocycles. The summed E-state index contributed by atoms with van der Waals surface area (Å²) in [5.74, 6) is 1.08. The van der Waals surface area contributed by atoms with E-state index in [-0.39, 0.29) is 23.1 Å². The Balaban J connectivity index is 2.02. The average Bonchev–Trinajstić information content (AvgIpc) is 2.97. The Kier molecular flexibility index (Phi) is 5.36. The molecule has 8 nitrogen and oxygen atoms in total. The van der Waals surface area contributed by atoms with Crippen LogP contribution in [0.5, 0.6) is 17.2 Å². The summed E-state index contributed by atoms with van der Waals surface area (Å²) in [6, 6.07) is 8.38. The molecule has 0 radical (unpaired) electrons. The van der Waals surface area contributed by atoms with Crippen molar-refractivity contribution >= 4 is 11.6 Å². The predicted molar refractivity (Wildman–Crippen MR) is 100.0 cm³/mol. The fourth-order valence-electron chi connectivity index (χ4n) is 2.61. The van der Waals surface area contributed by atoms with Gasteiger partial charge in [-0.1, -0.05) is 17.7 Å². The van der Waals surface area contributed by atoms with Crippen LogP contribution in [0.3, 0.4) is 0 Å². The minimum atomic E-state index is -0.381. The average molecular weight is 391 g/mol. The van der Waals surface area contributed by atoms with Gasteiger partial charge >= 0.3 is 5.69 Å². The van der Waals surface area contributed by atoms with E-state index in [1.165, 1.54) is 17.8 Å². The fourth-order valence-corrected chi connectivity index (χ4v) is 2.76. The molecular weight excluding hydrogens is 372 g/mol. The number of ether oxygens (including phenoxy) is 2. The van der Waals surface area contributed by atoms with Crippen LogP contribution < -0.4 is 15.2 Å². The van der Waals surface area contributed by atoms with Crippen LogP contribution in [0.15, 0.2) is 35.1 Å². The van der Waals surface area contributed by atoms with Gasteiger partial charge in [-0.15, -0.1) is 0 Å². The van der Waals surface area contributed by atoms with E-state index in [1.807, 2.05) is 6.92 Å². The Labute approximate surface area is 160 Å². The first-order chi connectivity index (χ1) is 12.9. The molecule has 3 rings (SSSR count). The lowest BCUT2D eigenvalue weighted by atomic mass is 10.1. The maximum Gasteiger partial charge on any atom is 0.368 e. The van der Waals surface area contributed by atoms with Gasteiger partial charge in [0, 0.05) is 13.1 Å². The molecule has 1 aromatic heterocycles. The highest BCUT2D eigenvalue weighted by molar-refractivity contribution is 6.32. The highest BCUT2D eigenvalue weighted by Crippen LogP contribution is 2.33. The molecule has 27 heavy (non-hydrogen) atoms. The lowest BCUT2D eigenvalue weighted by molar-refractivity contribution is 0.284. The van der Waals surface area contributed by atoms with Crippen LogP contribution in [-0.2, 0) is 13.7 Å². The van der Waals surface area contributed by atoms with Crippen molar-refractivity contribution < 1.29 is 14.6 Å². The summed E-state index contributed by atoms with van der Waals surface area (Å²) >= 11 is 5.98. The molecule has 0 unspecified atom stereocenters. The SMILES string of the molecule is CCOc1cccc(-n2nnn(C)c2=O)c1COc1cc(Cl)c(O)cc1C. The second kappa shape index (κ2) is 7.71. The minimum absolute atomic E-state index is 0.0111. The molecule has 2 aromatic carbocycles. The fraction of sp³-hybridized carbons (Fsp3) is 0.278. The number of aryl methyl sites for hydroxylation is 2. The van der Waals surface area contributed by atoms with E-state index < -0.39 is 0 Å². The van der Waals surface area contributed by atoms with Gasteiger partial charge in [-0.2, -0.15) is 9.36 Å². The maximum atomic E-state index is 12.3. The Morgan fingerprint density at radius 1 is 1.19 bits per heavy atom. The molecule has 1 N–H and O–H groups in total. The van der Waals surface area contributed by atoms with Gasteiger partial charge in [0.25, 0.3) is 0 Å². The topological polar surface area (TPSA) is 91.4 Å². The third-order valence-electron chi connectivity index (χ3n) is 3.97. The summed E-state index contributed by atoms with van der Waals surface area (Å²) in [6.45, 7) is 4.23. The standard InChI is InChI=1S/C18H19ClN4O4/c1-4-26-16-7-5-6-14(23-18(25)22(3)20-21-23)12(16)10-27-17-9-13(19)15(24)8-11(17)2/h5-9,24H,4,10H2,1-3H3. The molecule has 0 amide bonds. The second-order valence-electron chi connectivity index (χ2n) is 5.84. The van der Waals surface area contributed by atoms with Gasteiger partial charge in [0.1, 0.15) is 23.9 Å². The molecule has 0 bridgehead atoms. The van der Waals surface area contributed by atoms with Crippen LogP contribution in [0.1, 0.15) is 18.1 Å². The number of aromatic hydroxyl groups is 1. The molecule has 142 valence electrons. The van der Waals surface area contributed by atoms with Crippen molar-refractivity contribution in [2.75, 3.05) is 6.61 Å². The third-order valence-corrected chi connectivity index (χ3v) is 4.28. The van der Waals surface area contributed by atoms with Gasteiger partial charge in [-0.3, -0.25) is 0 Å². The summed E-state index contributed by atoms with van der Waals surface area (Å²) in [5.41, 5.74) is 1.50. The summed E-state index contributed by atoms with van der Waals surface area (Å²) in [6.07, 6.45) is 0. The van der Waals surface area contributed by atoms with Crippen LogP contribution >= 0.6 is 11.6 Å². The Morgan fingerprint density at radius 2 is 1.96 bits per heavy atom. The van der Waals surface area contributed by atoms with Crippen molar-refractivity contribution in [3.8, 4) is 22.9 Å². The number of phenolic OH excluding ortho intramolecular Hbond substituents is 1. The number of hydrogen-bond acceptors (Lipinski definition) is 6. The maximum absolute atomic E-state index is 12.3. The van der Waals surface area contributed by atoms with Crippen molar-refractivity contribution in [2.45, 2.75) is 20.5 Å². The summed E-state index contributed by atoms with van der Waals surface area (Å²) in [4.78, 5) is 12.3. The molecular formula is C18H19ClN4O4. The van der Waals surface area contributed by atoms with E-state index in [2.05, 4.69) is 10.4 Å². The number of rotatable bonds is 6. The highest BCUT2D eigenvalue weighted by Gasteiger charge is 2.17. The van der Waals surface area contributed by atoms with Crippen LogP contribution in [0.25, 0.3) is 5.69 Å². The quantitative estimate of drug-likeness (QED) is 0.695. The van der Waals surface area contributed by atoms with Gasteiger partial charge < -0.3 is 14.6 Å². The lowest BCUT2D eigenvalue weighted by Crippen LogP contribution is -2.23. The normalized spacial score (nSPS) is 10.8. The van der Waals surface area contributed by atoms with Gasteiger partial charge in [0.2, 0.25) is 0 Å². The number of hydrogen-bond donors (Lipinski definition) is 1. The first-order valence-electron chi connectivity index (χ1n) is 8.28.